The van der Waals surface area contributed by atoms with Gasteiger partial charge in [-0.1, -0.05) is 6.92 Å². The molecule has 0 N–H and O–H groups in total. The zero-order chi connectivity index (χ0) is 7.66. The van der Waals surface area contributed by atoms with Gasteiger partial charge in [0.25, 0.3) is 0 Å². The molecule has 0 aliphatic carbocycles. The monoisotopic (exact) mass is 145 g/mol. The summed E-state index contributed by atoms with van der Waals surface area (Å²) in [5.41, 5.74) is 0. The molecule has 0 aromatic heterocycles. The lowest BCUT2D eigenvalue weighted by Gasteiger charge is -2.00. The molecule has 2 nitrogen and oxygen atoms in total. The fourth-order valence-electron chi connectivity index (χ4n) is 0.560. The summed E-state index contributed by atoms with van der Waals surface area (Å²) >= 11 is 0. The van der Waals surface area contributed by atoms with Gasteiger partial charge in [0.15, 0.2) is 0 Å². The van der Waals surface area contributed by atoms with E-state index in [1.165, 1.54) is 0 Å². The normalized spacial score (nSPS) is 10.2. The molecule has 10 heavy (non-hydrogen) atoms. The van der Waals surface area contributed by atoms with Crippen molar-refractivity contribution in [3.05, 3.63) is 6.61 Å². The molecule has 0 saturated carbocycles. The molecule has 0 bridgehead atoms. The van der Waals surface area contributed by atoms with Gasteiger partial charge in [-0.25, -0.2) is 0 Å². The van der Waals surface area contributed by atoms with E-state index in [1.807, 2.05) is 13.5 Å². The fourth-order valence-corrected chi connectivity index (χ4v) is 0.560. The van der Waals surface area contributed by atoms with Crippen LogP contribution in [0.25, 0.3) is 0 Å². The average Bonchev–Trinajstić information content (AvgIpc) is 1.97. The van der Waals surface area contributed by atoms with Crippen LogP contribution in [0.15, 0.2) is 0 Å². The van der Waals surface area contributed by atoms with Gasteiger partial charge in [0, 0.05) is 19.8 Å². The molecule has 0 heterocycles. The highest BCUT2D eigenvalue weighted by molar-refractivity contribution is 4.48. The molecule has 0 atom stereocenters. The van der Waals surface area contributed by atoms with Gasteiger partial charge in [-0.3, -0.25) is 0 Å². The molecule has 0 spiro atoms. The first kappa shape index (κ1) is 9.92. The van der Waals surface area contributed by atoms with E-state index < -0.39 is 0 Å². The highest BCUT2D eigenvalue weighted by Crippen LogP contribution is 1.91. The van der Waals surface area contributed by atoms with Gasteiger partial charge in [0.05, 0.1) is 6.61 Å². The van der Waals surface area contributed by atoms with Crippen LogP contribution in [0.1, 0.15) is 26.7 Å². The van der Waals surface area contributed by atoms with Crippen LogP contribution in [0, 0.1) is 6.61 Å². The van der Waals surface area contributed by atoms with Crippen molar-refractivity contribution in [2.75, 3.05) is 19.8 Å². The molecule has 0 amide bonds. The Morgan fingerprint density at radius 3 is 2.60 bits per heavy atom. The summed E-state index contributed by atoms with van der Waals surface area (Å²) in [4.78, 5) is 0. The Bertz CT molecular complexity index is 47.2. The van der Waals surface area contributed by atoms with Crippen molar-refractivity contribution in [2.24, 2.45) is 0 Å². The molecule has 1 radical (unpaired) electrons. The topological polar surface area (TPSA) is 18.5 Å². The second-order valence-electron chi connectivity index (χ2n) is 2.02. The Kier molecular flexibility index (Phi) is 8.85. The van der Waals surface area contributed by atoms with Crippen molar-refractivity contribution >= 4 is 0 Å². The minimum atomic E-state index is 0.778. The van der Waals surface area contributed by atoms with Crippen molar-refractivity contribution in [1.29, 1.82) is 0 Å². The quantitative estimate of drug-likeness (QED) is 0.510. The lowest BCUT2D eigenvalue weighted by atomic mass is 10.5. The van der Waals surface area contributed by atoms with Crippen molar-refractivity contribution in [3.8, 4) is 0 Å². The summed E-state index contributed by atoms with van der Waals surface area (Å²) < 4.78 is 10.2. The molecule has 0 aromatic rings. The van der Waals surface area contributed by atoms with Gasteiger partial charge < -0.3 is 9.47 Å². The number of ether oxygens (including phenoxy) is 2. The van der Waals surface area contributed by atoms with Crippen LogP contribution in [0.3, 0.4) is 0 Å². The second kappa shape index (κ2) is 8.92. The lowest BCUT2D eigenvalue weighted by molar-refractivity contribution is 0.121. The molecule has 61 valence electrons. The van der Waals surface area contributed by atoms with Crippen molar-refractivity contribution < 1.29 is 9.47 Å². The Morgan fingerprint density at radius 2 is 2.00 bits per heavy atom. The summed E-state index contributed by atoms with van der Waals surface area (Å²) in [5.74, 6) is 0. The van der Waals surface area contributed by atoms with Crippen LogP contribution in [0.2, 0.25) is 0 Å². The zero-order valence-electron chi connectivity index (χ0n) is 6.93. The van der Waals surface area contributed by atoms with Crippen molar-refractivity contribution in [1.82, 2.24) is 0 Å². The summed E-state index contributed by atoms with van der Waals surface area (Å²) in [6.45, 7) is 8.30. The smallest absolute Gasteiger partial charge is 0.0859 e. The Labute approximate surface area is 63.5 Å². The van der Waals surface area contributed by atoms with E-state index in [-0.39, 0.29) is 0 Å². The summed E-state index contributed by atoms with van der Waals surface area (Å²) in [6, 6.07) is 0. The zero-order valence-corrected chi connectivity index (χ0v) is 6.93. The van der Waals surface area contributed by atoms with Crippen molar-refractivity contribution in [2.45, 2.75) is 26.7 Å². The van der Waals surface area contributed by atoms with Gasteiger partial charge in [-0.2, -0.15) is 0 Å². The average molecular weight is 145 g/mol. The lowest BCUT2D eigenvalue weighted by Crippen LogP contribution is -1.96. The Hall–Kier alpha value is -0.0800. The summed E-state index contributed by atoms with van der Waals surface area (Å²) in [5, 5.41) is 0. The predicted octanol–water partition coefficient (Wildman–Crippen LogP) is 2.00. The standard InChI is InChI=1S/C8H17O2/c1-3-6-10-8-5-7-9-4-2/h8H,3-7H2,1-2H3. The molecule has 2 heteroatoms. The summed E-state index contributed by atoms with van der Waals surface area (Å²) in [6.07, 6.45) is 1.97. The van der Waals surface area contributed by atoms with Crippen LogP contribution < -0.4 is 0 Å². The van der Waals surface area contributed by atoms with Gasteiger partial charge in [0.1, 0.15) is 0 Å². The number of hydrogen-bond acceptors (Lipinski definition) is 2. The number of hydrogen-bond donors (Lipinski definition) is 0. The maximum Gasteiger partial charge on any atom is 0.0859 e. The van der Waals surface area contributed by atoms with Crippen molar-refractivity contribution in [3.63, 3.8) is 0 Å². The fraction of sp³-hybridized carbons (Fsp3) is 0.875. The first-order valence-corrected chi connectivity index (χ1v) is 3.92. The first-order valence-electron chi connectivity index (χ1n) is 3.92. The van der Waals surface area contributed by atoms with E-state index in [1.54, 1.807) is 0 Å². The van der Waals surface area contributed by atoms with Crippen LogP contribution in [0.4, 0.5) is 0 Å². The molecule has 0 unspecified atom stereocenters. The predicted molar refractivity (Wildman–Crippen MR) is 41.7 cm³/mol. The van der Waals surface area contributed by atoms with E-state index in [4.69, 9.17) is 9.47 Å². The first-order chi connectivity index (χ1) is 4.91. The third kappa shape index (κ3) is 7.92. The van der Waals surface area contributed by atoms with Gasteiger partial charge in [0.2, 0.25) is 0 Å². The molecular weight excluding hydrogens is 128 g/mol. The van der Waals surface area contributed by atoms with Gasteiger partial charge in [-0.05, 0) is 19.8 Å². The van der Waals surface area contributed by atoms with Gasteiger partial charge in [-0.15, -0.1) is 0 Å². The van der Waals surface area contributed by atoms with Crippen LogP contribution >= 0.6 is 0 Å². The Balaban J connectivity index is 2.65. The van der Waals surface area contributed by atoms with Gasteiger partial charge >= 0.3 is 0 Å². The Morgan fingerprint density at radius 1 is 1.20 bits per heavy atom. The second-order valence-corrected chi connectivity index (χ2v) is 2.02. The molecule has 0 saturated heterocycles. The largest absolute Gasteiger partial charge is 0.382 e. The third-order valence-corrected chi connectivity index (χ3v) is 1.02. The molecule has 0 aromatic carbocycles. The minimum Gasteiger partial charge on any atom is -0.382 e. The van der Waals surface area contributed by atoms with Crippen LogP contribution in [-0.2, 0) is 9.47 Å². The maximum atomic E-state index is 5.12. The van der Waals surface area contributed by atoms with E-state index in [0.29, 0.717) is 0 Å². The molecular formula is C8H17O2. The molecule has 0 aliphatic rings. The molecule has 0 rings (SSSR count). The minimum absolute atomic E-state index is 0.778. The third-order valence-electron chi connectivity index (χ3n) is 1.02. The van der Waals surface area contributed by atoms with E-state index in [9.17, 15) is 0 Å². The van der Waals surface area contributed by atoms with E-state index >= 15 is 0 Å². The SMILES string of the molecule is CCCO[CH]CCOCC. The maximum absolute atomic E-state index is 5.12. The molecule has 0 fully saturated rings. The van der Waals surface area contributed by atoms with E-state index in [2.05, 4.69) is 6.92 Å². The van der Waals surface area contributed by atoms with E-state index in [0.717, 1.165) is 32.7 Å². The number of rotatable bonds is 7. The highest BCUT2D eigenvalue weighted by atomic mass is 16.5. The van der Waals surface area contributed by atoms with Crippen LogP contribution in [-0.4, -0.2) is 19.8 Å². The molecule has 0 aliphatic heterocycles. The van der Waals surface area contributed by atoms with Crippen LogP contribution in [0.5, 0.6) is 0 Å². The highest BCUT2D eigenvalue weighted by Gasteiger charge is 1.87. The summed E-state index contributed by atoms with van der Waals surface area (Å²) in [7, 11) is 0.